The van der Waals surface area contributed by atoms with Crippen molar-refractivity contribution in [3.05, 3.63) is 29.8 Å². The van der Waals surface area contributed by atoms with Gasteiger partial charge >= 0.3 is 11.9 Å². The van der Waals surface area contributed by atoms with Gasteiger partial charge in [0.25, 0.3) is 0 Å². The van der Waals surface area contributed by atoms with Crippen LogP contribution in [0.4, 0.5) is 5.69 Å². The first-order valence-electron chi connectivity index (χ1n) is 7.72. The molecule has 0 saturated carbocycles. The van der Waals surface area contributed by atoms with Crippen molar-refractivity contribution in [3.63, 3.8) is 0 Å². The lowest BCUT2D eigenvalue weighted by atomic mass is 9.94. The minimum atomic E-state index is -1.19. The molecule has 1 unspecified atom stereocenters. The monoisotopic (exact) mass is 335 g/mol. The normalized spacial score (nSPS) is 18.1. The highest BCUT2D eigenvalue weighted by molar-refractivity contribution is 5.84. The minimum Gasteiger partial charge on any atom is -0.480 e. The van der Waals surface area contributed by atoms with Gasteiger partial charge in [-0.25, -0.2) is 4.79 Å². The molecule has 1 aromatic rings. The maximum absolute atomic E-state index is 11.9. The third kappa shape index (κ3) is 4.45. The van der Waals surface area contributed by atoms with E-state index in [1.165, 1.54) is 0 Å². The summed E-state index contributed by atoms with van der Waals surface area (Å²) in [6.07, 6.45) is 0.0914. The summed E-state index contributed by atoms with van der Waals surface area (Å²) < 4.78 is 0. The summed E-state index contributed by atoms with van der Waals surface area (Å²) in [7, 11) is 0. The van der Waals surface area contributed by atoms with E-state index in [4.69, 9.17) is 10.8 Å². The first kappa shape index (κ1) is 17.7. The molecule has 130 valence electrons. The van der Waals surface area contributed by atoms with Crippen LogP contribution in [-0.4, -0.2) is 46.7 Å². The Balaban J connectivity index is 1.92. The van der Waals surface area contributed by atoms with Gasteiger partial charge in [0.1, 0.15) is 12.1 Å². The second kappa shape index (κ2) is 7.78. The molecule has 0 fully saturated rings. The average molecular weight is 335 g/mol. The molecule has 6 N–H and O–H groups in total. The molecule has 1 amide bonds. The molecule has 0 aliphatic carbocycles. The van der Waals surface area contributed by atoms with Gasteiger partial charge < -0.3 is 26.6 Å². The fraction of sp³-hybridized carbons (Fsp3) is 0.438. The number of amides is 1. The number of nitrogens with two attached hydrogens (primary N) is 1. The Labute approximate surface area is 139 Å². The maximum Gasteiger partial charge on any atom is 0.326 e. The molecule has 8 heteroatoms. The predicted octanol–water partition coefficient (Wildman–Crippen LogP) is 0.347. The van der Waals surface area contributed by atoms with E-state index < -0.39 is 29.9 Å². The van der Waals surface area contributed by atoms with Crippen LogP contribution < -0.4 is 16.4 Å². The summed E-state index contributed by atoms with van der Waals surface area (Å²) in [4.78, 5) is 33.9. The second-order valence-corrected chi connectivity index (χ2v) is 5.84. The largest absolute Gasteiger partial charge is 0.480 e. The number of rotatable bonds is 8. The number of hydrogen-bond donors (Lipinski definition) is 5. The molecule has 3 atom stereocenters. The summed E-state index contributed by atoms with van der Waals surface area (Å²) in [5, 5.41) is 23.7. The molecule has 1 aliphatic heterocycles. The number of aliphatic carboxylic acids is 2. The summed E-state index contributed by atoms with van der Waals surface area (Å²) >= 11 is 0. The molecule has 2 rings (SSSR count). The highest BCUT2D eigenvalue weighted by atomic mass is 16.4. The third-order valence-corrected chi connectivity index (χ3v) is 4.09. The Morgan fingerprint density at radius 3 is 2.62 bits per heavy atom. The summed E-state index contributed by atoms with van der Waals surface area (Å²) in [5.41, 5.74) is 7.35. The van der Waals surface area contributed by atoms with E-state index in [0.29, 0.717) is 6.54 Å². The Morgan fingerprint density at radius 2 is 1.96 bits per heavy atom. The lowest BCUT2D eigenvalue weighted by Crippen LogP contribution is -2.42. The second-order valence-electron chi connectivity index (χ2n) is 5.84. The Morgan fingerprint density at radius 1 is 1.25 bits per heavy atom. The molecular formula is C16H21N3O5. The van der Waals surface area contributed by atoms with Gasteiger partial charge in [-0.15, -0.1) is 0 Å². The number of hydrogen-bond acceptors (Lipinski definition) is 5. The van der Waals surface area contributed by atoms with Crippen molar-refractivity contribution in [2.24, 2.45) is 5.73 Å². The van der Waals surface area contributed by atoms with Gasteiger partial charge in [0.15, 0.2) is 0 Å². The third-order valence-electron chi connectivity index (χ3n) is 4.09. The van der Waals surface area contributed by atoms with E-state index >= 15 is 0 Å². The maximum atomic E-state index is 11.9. The van der Waals surface area contributed by atoms with Crippen LogP contribution in [0.15, 0.2) is 24.3 Å². The summed E-state index contributed by atoms with van der Waals surface area (Å²) in [5.74, 6) is -2.83. The molecule has 0 bridgehead atoms. The fourth-order valence-corrected chi connectivity index (χ4v) is 2.75. The topological polar surface area (TPSA) is 142 Å². The number of fused-ring (bicyclic) bond motifs is 1. The lowest BCUT2D eigenvalue weighted by molar-refractivity contribution is -0.142. The zero-order valence-electron chi connectivity index (χ0n) is 13.1. The summed E-state index contributed by atoms with van der Waals surface area (Å²) in [6.45, 7) is 0.614. The molecule has 1 aliphatic rings. The molecule has 24 heavy (non-hydrogen) atoms. The van der Waals surface area contributed by atoms with Crippen molar-refractivity contribution in [3.8, 4) is 0 Å². The van der Waals surface area contributed by atoms with Crippen molar-refractivity contribution in [2.45, 2.75) is 37.3 Å². The Kier molecular flexibility index (Phi) is 5.75. The standard InChI is InChI=1S/C16H21N3O5/c17-11(15(21)22)5-6-14(20)19-13(16(23)24)7-9-8-18-12-4-2-1-3-10(9)12/h1-4,9,11,13,18H,5-8,17H2,(H,19,20)(H,21,22)(H,23,24)/t9?,11-,13-/m1/s1. The van der Waals surface area contributed by atoms with Crippen LogP contribution in [0.25, 0.3) is 0 Å². The molecular weight excluding hydrogens is 314 g/mol. The van der Waals surface area contributed by atoms with Crippen LogP contribution in [-0.2, 0) is 14.4 Å². The van der Waals surface area contributed by atoms with E-state index in [9.17, 15) is 19.5 Å². The van der Waals surface area contributed by atoms with Crippen LogP contribution in [0.2, 0.25) is 0 Å². The molecule has 0 saturated heterocycles. The molecule has 0 spiro atoms. The number of carboxylic acid groups (broad SMARTS) is 2. The Hall–Kier alpha value is -2.61. The van der Waals surface area contributed by atoms with Crippen LogP contribution in [0.3, 0.4) is 0 Å². The SMILES string of the molecule is N[C@H](CCC(=O)N[C@H](CC1CNc2ccccc21)C(=O)O)C(=O)O. The zero-order chi connectivity index (χ0) is 17.7. The van der Waals surface area contributed by atoms with Crippen molar-refractivity contribution >= 4 is 23.5 Å². The number of carbonyl (C=O) groups is 3. The minimum absolute atomic E-state index is 0.0103. The molecule has 1 heterocycles. The number of anilines is 1. The van der Waals surface area contributed by atoms with E-state index in [1.54, 1.807) is 0 Å². The lowest BCUT2D eigenvalue weighted by Gasteiger charge is -2.19. The van der Waals surface area contributed by atoms with E-state index in [-0.39, 0.29) is 25.2 Å². The number of benzene rings is 1. The predicted molar refractivity (Wildman–Crippen MR) is 86.7 cm³/mol. The first-order valence-corrected chi connectivity index (χ1v) is 7.72. The van der Waals surface area contributed by atoms with Crippen molar-refractivity contribution < 1.29 is 24.6 Å². The fourth-order valence-electron chi connectivity index (χ4n) is 2.75. The van der Waals surface area contributed by atoms with Crippen molar-refractivity contribution in [2.75, 3.05) is 11.9 Å². The van der Waals surface area contributed by atoms with Gasteiger partial charge in [-0.05, 0) is 24.5 Å². The van der Waals surface area contributed by atoms with Gasteiger partial charge in [-0.2, -0.15) is 0 Å². The Bertz CT molecular complexity index is 634. The van der Waals surface area contributed by atoms with Crippen LogP contribution in [0.1, 0.15) is 30.7 Å². The van der Waals surface area contributed by atoms with Gasteiger partial charge in [0.05, 0.1) is 0 Å². The van der Waals surface area contributed by atoms with Gasteiger partial charge in [0, 0.05) is 24.6 Å². The van der Waals surface area contributed by atoms with Crippen molar-refractivity contribution in [1.82, 2.24) is 5.32 Å². The van der Waals surface area contributed by atoms with Crippen LogP contribution in [0, 0.1) is 0 Å². The highest BCUT2D eigenvalue weighted by Crippen LogP contribution is 2.33. The van der Waals surface area contributed by atoms with E-state index in [2.05, 4.69) is 10.6 Å². The van der Waals surface area contributed by atoms with E-state index in [1.807, 2.05) is 24.3 Å². The molecule has 1 aromatic carbocycles. The van der Waals surface area contributed by atoms with Gasteiger partial charge in [0.2, 0.25) is 5.91 Å². The van der Waals surface area contributed by atoms with Crippen LogP contribution >= 0.6 is 0 Å². The summed E-state index contributed by atoms with van der Waals surface area (Å²) in [6, 6.07) is 5.49. The number of para-hydroxylation sites is 1. The number of carboxylic acids is 2. The van der Waals surface area contributed by atoms with Gasteiger partial charge in [-0.3, -0.25) is 9.59 Å². The molecule has 0 radical (unpaired) electrons. The quantitative estimate of drug-likeness (QED) is 0.461. The average Bonchev–Trinajstić information content (AvgIpc) is 2.95. The zero-order valence-corrected chi connectivity index (χ0v) is 13.1. The van der Waals surface area contributed by atoms with Crippen LogP contribution in [0.5, 0.6) is 0 Å². The first-order chi connectivity index (χ1) is 11.4. The van der Waals surface area contributed by atoms with E-state index in [0.717, 1.165) is 11.3 Å². The number of nitrogens with one attached hydrogen (secondary N) is 2. The molecule has 8 nitrogen and oxygen atoms in total. The van der Waals surface area contributed by atoms with Crippen molar-refractivity contribution in [1.29, 1.82) is 0 Å². The van der Waals surface area contributed by atoms with Gasteiger partial charge in [-0.1, -0.05) is 18.2 Å². The smallest absolute Gasteiger partial charge is 0.326 e. The molecule has 0 aromatic heterocycles. The highest BCUT2D eigenvalue weighted by Gasteiger charge is 2.29. The number of carbonyl (C=O) groups excluding carboxylic acids is 1.